The first-order valence-corrected chi connectivity index (χ1v) is 7.00. The second kappa shape index (κ2) is 6.37. The second-order valence-corrected chi connectivity index (χ2v) is 5.25. The number of halogens is 4. The van der Waals surface area contributed by atoms with Gasteiger partial charge >= 0.3 is 0 Å². The number of rotatable bonds is 4. The van der Waals surface area contributed by atoms with Gasteiger partial charge in [0.05, 0.1) is 10.7 Å². The Kier molecular flexibility index (Phi) is 4.77. The van der Waals surface area contributed by atoms with E-state index in [0.29, 0.717) is 17.3 Å². The quantitative estimate of drug-likeness (QED) is 0.808. The van der Waals surface area contributed by atoms with Gasteiger partial charge in [-0.3, -0.25) is 0 Å². The Balaban J connectivity index is 2.35. The number of hydrogen-bond acceptors (Lipinski definition) is 3. The predicted molar refractivity (Wildman–Crippen MR) is 80.8 cm³/mol. The lowest BCUT2D eigenvalue weighted by Crippen LogP contribution is -2.06. The minimum Gasteiger partial charge on any atom is -0.368 e. The van der Waals surface area contributed by atoms with E-state index in [1.54, 1.807) is 25.1 Å². The summed E-state index contributed by atoms with van der Waals surface area (Å²) in [7, 11) is 0. The Morgan fingerprint density at radius 1 is 1.20 bits per heavy atom. The summed E-state index contributed by atoms with van der Waals surface area (Å²) in [6.07, 6.45) is 0. The molecule has 2 rings (SSSR count). The van der Waals surface area contributed by atoms with Crippen molar-refractivity contribution in [3.63, 3.8) is 0 Å². The average molecular weight is 363 g/mol. The van der Waals surface area contributed by atoms with Crippen molar-refractivity contribution in [2.24, 2.45) is 0 Å². The third-order valence-electron chi connectivity index (χ3n) is 2.46. The third-order valence-corrected chi connectivity index (χ3v) is 3.26. The highest BCUT2D eigenvalue weighted by Gasteiger charge is 2.12. The minimum atomic E-state index is -0.789. The van der Waals surface area contributed by atoms with Gasteiger partial charge in [0.15, 0.2) is 23.3 Å². The van der Waals surface area contributed by atoms with Crippen LogP contribution in [0.25, 0.3) is 0 Å². The van der Waals surface area contributed by atoms with Crippen molar-refractivity contribution in [2.75, 3.05) is 17.2 Å². The van der Waals surface area contributed by atoms with Crippen LogP contribution in [0, 0.1) is 11.6 Å². The van der Waals surface area contributed by atoms with Gasteiger partial charge in [-0.1, -0.05) is 27.5 Å². The Morgan fingerprint density at radius 3 is 2.55 bits per heavy atom. The monoisotopic (exact) mass is 361 g/mol. The molecule has 0 radical (unpaired) electrons. The molecule has 0 saturated carbocycles. The lowest BCUT2D eigenvalue weighted by atomic mass is 10.3. The summed E-state index contributed by atoms with van der Waals surface area (Å²) in [6.45, 7) is 2.28. The van der Waals surface area contributed by atoms with Crippen LogP contribution in [0.15, 0.2) is 28.7 Å². The summed E-state index contributed by atoms with van der Waals surface area (Å²) >= 11 is 9.31. The summed E-state index contributed by atoms with van der Waals surface area (Å²) in [6, 6.07) is 5.86. The highest BCUT2D eigenvalue weighted by atomic mass is 79.9. The molecule has 1 aromatic carbocycles. The summed E-state index contributed by atoms with van der Waals surface area (Å²) in [5.74, 6) is -1.63. The van der Waals surface area contributed by atoms with Crippen molar-refractivity contribution in [1.29, 1.82) is 0 Å². The highest BCUT2D eigenvalue weighted by Crippen LogP contribution is 2.29. The first-order valence-electron chi connectivity index (χ1n) is 5.83. The summed E-state index contributed by atoms with van der Waals surface area (Å²) < 4.78 is 28.0. The number of nitrogens with one attached hydrogen (secondary N) is 2. The molecule has 0 atom stereocenters. The van der Waals surface area contributed by atoms with E-state index in [4.69, 9.17) is 11.6 Å². The molecule has 3 nitrogen and oxygen atoms in total. The largest absolute Gasteiger partial charge is 0.368 e. The predicted octanol–water partition coefficient (Wildman–Crippen LogP) is 4.95. The van der Waals surface area contributed by atoms with Crippen molar-refractivity contribution in [1.82, 2.24) is 4.98 Å². The molecule has 0 unspecified atom stereocenters. The number of benzene rings is 1. The van der Waals surface area contributed by atoms with Gasteiger partial charge in [0.1, 0.15) is 0 Å². The van der Waals surface area contributed by atoms with Crippen molar-refractivity contribution in [3.8, 4) is 0 Å². The van der Waals surface area contributed by atoms with E-state index in [9.17, 15) is 8.78 Å². The molecule has 0 aliphatic carbocycles. The smallest absolute Gasteiger partial charge is 0.169 e. The summed E-state index contributed by atoms with van der Waals surface area (Å²) in [5, 5.41) is 5.87. The van der Waals surface area contributed by atoms with Crippen molar-refractivity contribution >= 4 is 44.9 Å². The Bertz CT molecular complexity index is 637. The number of anilines is 3. The molecule has 1 aromatic heterocycles. The van der Waals surface area contributed by atoms with Gasteiger partial charge in [0.2, 0.25) is 0 Å². The molecule has 0 fully saturated rings. The van der Waals surface area contributed by atoms with Gasteiger partial charge in [-0.05, 0) is 25.1 Å². The maximum atomic E-state index is 13.7. The third kappa shape index (κ3) is 3.37. The van der Waals surface area contributed by atoms with Gasteiger partial charge in [0, 0.05) is 17.1 Å². The molecule has 1 heterocycles. The minimum absolute atomic E-state index is 0.00960. The molecule has 0 aliphatic heterocycles. The van der Waals surface area contributed by atoms with Crippen molar-refractivity contribution < 1.29 is 8.78 Å². The average Bonchev–Trinajstić information content (AvgIpc) is 2.38. The van der Waals surface area contributed by atoms with Gasteiger partial charge in [-0.2, -0.15) is 0 Å². The number of pyridine rings is 1. The van der Waals surface area contributed by atoms with Crippen LogP contribution in [0.3, 0.4) is 0 Å². The molecule has 0 bridgehead atoms. The van der Waals surface area contributed by atoms with E-state index < -0.39 is 11.6 Å². The zero-order chi connectivity index (χ0) is 14.7. The lowest BCUT2D eigenvalue weighted by Gasteiger charge is -2.11. The molecule has 0 amide bonds. The van der Waals surface area contributed by atoms with Crippen LogP contribution in [-0.2, 0) is 0 Å². The molecule has 0 spiro atoms. The van der Waals surface area contributed by atoms with Crippen LogP contribution in [0.4, 0.5) is 26.1 Å². The molecular weight excluding hydrogens is 352 g/mol. The molecule has 2 aromatic rings. The van der Waals surface area contributed by atoms with Gasteiger partial charge in [-0.15, -0.1) is 0 Å². The SMILES string of the molecule is CCNc1nc(Nc2ccc(Br)cc2Cl)c(F)cc1F. The first kappa shape index (κ1) is 15.0. The fraction of sp³-hybridized carbons (Fsp3) is 0.154. The van der Waals surface area contributed by atoms with E-state index in [1.807, 2.05) is 0 Å². The second-order valence-electron chi connectivity index (χ2n) is 3.93. The van der Waals surface area contributed by atoms with Crippen LogP contribution < -0.4 is 10.6 Å². The molecule has 0 saturated heterocycles. The first-order chi connectivity index (χ1) is 9.51. The van der Waals surface area contributed by atoms with Crippen LogP contribution >= 0.6 is 27.5 Å². The van der Waals surface area contributed by atoms with E-state index in [1.165, 1.54) is 0 Å². The molecule has 0 aliphatic rings. The highest BCUT2D eigenvalue weighted by molar-refractivity contribution is 9.10. The van der Waals surface area contributed by atoms with Gasteiger partial charge in [0.25, 0.3) is 0 Å². The van der Waals surface area contributed by atoms with Crippen LogP contribution in [-0.4, -0.2) is 11.5 Å². The normalized spacial score (nSPS) is 10.4. The van der Waals surface area contributed by atoms with E-state index in [0.717, 1.165) is 10.5 Å². The standard InChI is InChI=1S/C13H11BrClF2N3/c1-2-18-12-9(16)6-10(17)13(20-12)19-11-4-3-7(14)5-8(11)15/h3-6H,2H2,1H3,(H2,18,19,20). The molecule has 20 heavy (non-hydrogen) atoms. The molecule has 7 heteroatoms. The summed E-state index contributed by atoms with van der Waals surface area (Å²) in [4.78, 5) is 3.88. The van der Waals surface area contributed by atoms with Crippen molar-refractivity contribution in [2.45, 2.75) is 6.92 Å². The van der Waals surface area contributed by atoms with Crippen LogP contribution in [0.5, 0.6) is 0 Å². The van der Waals surface area contributed by atoms with Crippen LogP contribution in [0.1, 0.15) is 6.92 Å². The number of nitrogens with zero attached hydrogens (tertiary/aromatic N) is 1. The van der Waals surface area contributed by atoms with Gasteiger partial charge < -0.3 is 10.6 Å². The molecular formula is C13H11BrClF2N3. The zero-order valence-electron chi connectivity index (χ0n) is 10.5. The maximum Gasteiger partial charge on any atom is 0.169 e. The van der Waals surface area contributed by atoms with Crippen molar-refractivity contribution in [3.05, 3.63) is 45.4 Å². The van der Waals surface area contributed by atoms with E-state index >= 15 is 0 Å². The zero-order valence-corrected chi connectivity index (χ0v) is 12.8. The van der Waals surface area contributed by atoms with Gasteiger partial charge in [-0.25, -0.2) is 13.8 Å². The molecule has 106 valence electrons. The summed E-state index contributed by atoms with van der Waals surface area (Å²) in [5.41, 5.74) is 0.482. The van der Waals surface area contributed by atoms with E-state index in [-0.39, 0.29) is 11.6 Å². The number of hydrogen-bond donors (Lipinski definition) is 2. The Hall–Kier alpha value is -1.40. The van der Waals surface area contributed by atoms with Crippen LogP contribution in [0.2, 0.25) is 5.02 Å². The topological polar surface area (TPSA) is 37.0 Å². The number of aromatic nitrogens is 1. The molecule has 2 N–H and O–H groups in total. The lowest BCUT2D eigenvalue weighted by molar-refractivity contribution is 0.579. The fourth-order valence-electron chi connectivity index (χ4n) is 1.56. The fourth-order valence-corrected chi connectivity index (χ4v) is 2.28. The Morgan fingerprint density at radius 2 is 1.90 bits per heavy atom. The van der Waals surface area contributed by atoms with E-state index in [2.05, 4.69) is 31.5 Å². The maximum absolute atomic E-state index is 13.7. The Labute approximate surface area is 128 Å².